The van der Waals surface area contributed by atoms with Gasteiger partial charge >= 0.3 is 5.97 Å². The standard InChI is InChI=1S/C25H25N9O8/c35-22(18-13-19(33(36)37)15-20(14-18)34(38)39)42-21-3-1-17(2-4-21)16-26-30-23-27-24(31-5-9-40-10-6-31)29-25(28-23)32-7-11-41-12-8-32/h1-4,13-16H,5-12H2,(H,27,28,29,30)/b26-16-. The van der Waals surface area contributed by atoms with Crippen LogP contribution in [0.3, 0.4) is 0 Å². The van der Waals surface area contributed by atoms with Crippen LogP contribution in [-0.4, -0.2) is 89.6 Å². The van der Waals surface area contributed by atoms with E-state index >= 15 is 0 Å². The van der Waals surface area contributed by atoms with Crippen molar-refractivity contribution in [3.05, 3.63) is 73.8 Å². The minimum atomic E-state index is -0.980. The third kappa shape index (κ3) is 7.07. The largest absolute Gasteiger partial charge is 0.423 e. The summed E-state index contributed by atoms with van der Waals surface area (Å²) in [6.45, 7) is 4.95. The Kier molecular flexibility index (Phi) is 8.69. The normalized spacial score (nSPS) is 15.4. The minimum absolute atomic E-state index is 0.127. The Morgan fingerprint density at radius 1 is 0.857 bits per heavy atom. The second-order valence-electron chi connectivity index (χ2n) is 9.04. The highest BCUT2D eigenvalue weighted by molar-refractivity contribution is 5.92. The summed E-state index contributed by atoms with van der Waals surface area (Å²) in [6.07, 6.45) is 1.52. The van der Waals surface area contributed by atoms with Gasteiger partial charge in [0.05, 0.1) is 54.1 Å². The van der Waals surface area contributed by atoms with Crippen molar-refractivity contribution in [2.75, 3.05) is 67.8 Å². The van der Waals surface area contributed by atoms with Gasteiger partial charge in [0.25, 0.3) is 11.4 Å². The van der Waals surface area contributed by atoms with Gasteiger partial charge < -0.3 is 24.0 Å². The first-order chi connectivity index (χ1) is 20.4. The molecule has 0 spiro atoms. The van der Waals surface area contributed by atoms with Crippen LogP contribution in [0.4, 0.5) is 29.2 Å². The number of hydrogen-bond donors (Lipinski definition) is 1. The zero-order valence-electron chi connectivity index (χ0n) is 22.1. The smallest absolute Gasteiger partial charge is 0.344 e. The summed E-state index contributed by atoms with van der Waals surface area (Å²) in [5, 5.41) is 26.4. The van der Waals surface area contributed by atoms with Gasteiger partial charge in [-0.1, -0.05) is 0 Å². The van der Waals surface area contributed by atoms with Gasteiger partial charge in [-0.25, -0.2) is 10.2 Å². The summed E-state index contributed by atoms with van der Waals surface area (Å²) < 4.78 is 16.1. The summed E-state index contributed by atoms with van der Waals surface area (Å²) in [5.41, 5.74) is 1.97. The molecule has 2 fully saturated rings. The topological polar surface area (TPSA) is 201 Å². The molecular weight excluding hydrogens is 554 g/mol. The van der Waals surface area contributed by atoms with Crippen LogP contribution in [-0.2, 0) is 9.47 Å². The fourth-order valence-corrected chi connectivity index (χ4v) is 4.09. The molecule has 0 unspecified atom stereocenters. The van der Waals surface area contributed by atoms with E-state index in [2.05, 4.69) is 25.5 Å². The first-order valence-corrected chi connectivity index (χ1v) is 12.8. The van der Waals surface area contributed by atoms with Crippen molar-refractivity contribution in [1.82, 2.24) is 15.0 Å². The molecule has 1 aromatic heterocycles. The Morgan fingerprint density at radius 2 is 1.38 bits per heavy atom. The van der Waals surface area contributed by atoms with Crippen LogP contribution in [0.15, 0.2) is 47.6 Å². The lowest BCUT2D eigenvalue weighted by Gasteiger charge is -2.30. The highest BCUT2D eigenvalue weighted by Crippen LogP contribution is 2.24. The van der Waals surface area contributed by atoms with Crippen molar-refractivity contribution in [2.24, 2.45) is 5.10 Å². The van der Waals surface area contributed by atoms with Crippen molar-refractivity contribution in [3.8, 4) is 5.75 Å². The molecule has 17 heteroatoms. The number of hydrogen-bond acceptors (Lipinski definition) is 15. The first-order valence-electron chi connectivity index (χ1n) is 12.8. The predicted molar refractivity (Wildman–Crippen MR) is 148 cm³/mol. The van der Waals surface area contributed by atoms with Gasteiger partial charge in [0, 0.05) is 38.3 Å². The molecule has 0 bridgehead atoms. The van der Waals surface area contributed by atoms with E-state index in [4.69, 9.17) is 14.2 Å². The van der Waals surface area contributed by atoms with Gasteiger partial charge in [0.15, 0.2) is 0 Å². The fourth-order valence-electron chi connectivity index (χ4n) is 4.09. The zero-order valence-corrected chi connectivity index (χ0v) is 22.1. The van der Waals surface area contributed by atoms with Crippen molar-refractivity contribution in [3.63, 3.8) is 0 Å². The molecule has 5 rings (SSSR count). The lowest BCUT2D eigenvalue weighted by molar-refractivity contribution is -0.394. The summed E-state index contributed by atoms with van der Waals surface area (Å²) >= 11 is 0. The number of non-ortho nitro benzene ring substituents is 2. The Bertz CT molecular complexity index is 1420. The van der Waals surface area contributed by atoms with Crippen LogP contribution < -0.4 is 20.0 Å². The maximum Gasteiger partial charge on any atom is 0.344 e. The zero-order chi connectivity index (χ0) is 29.5. The number of nitrogens with one attached hydrogen (secondary N) is 1. The molecule has 42 heavy (non-hydrogen) atoms. The van der Waals surface area contributed by atoms with Gasteiger partial charge in [-0.05, 0) is 29.8 Å². The van der Waals surface area contributed by atoms with Crippen LogP contribution in [0.2, 0.25) is 0 Å². The summed E-state index contributed by atoms with van der Waals surface area (Å²) in [4.78, 5) is 50.8. The molecule has 17 nitrogen and oxygen atoms in total. The third-order valence-corrected chi connectivity index (χ3v) is 6.23. The van der Waals surface area contributed by atoms with E-state index in [0.717, 1.165) is 18.2 Å². The van der Waals surface area contributed by atoms with E-state index in [-0.39, 0.29) is 17.3 Å². The number of esters is 1. The number of carbonyl (C=O) groups is 1. The van der Waals surface area contributed by atoms with E-state index in [0.29, 0.717) is 70.1 Å². The van der Waals surface area contributed by atoms with Crippen LogP contribution in [0.1, 0.15) is 15.9 Å². The van der Waals surface area contributed by atoms with Crippen molar-refractivity contribution >= 4 is 41.4 Å². The molecule has 218 valence electrons. The second-order valence-corrected chi connectivity index (χ2v) is 9.04. The number of aromatic nitrogens is 3. The van der Waals surface area contributed by atoms with E-state index in [9.17, 15) is 25.0 Å². The van der Waals surface area contributed by atoms with Crippen LogP contribution in [0.5, 0.6) is 5.75 Å². The molecule has 2 saturated heterocycles. The van der Waals surface area contributed by atoms with E-state index in [1.54, 1.807) is 12.1 Å². The molecule has 0 aliphatic carbocycles. The number of carbonyl (C=O) groups excluding carboxylic acids is 1. The summed E-state index contributed by atoms with van der Waals surface area (Å²) in [5.74, 6) is 0.454. The Morgan fingerprint density at radius 3 is 1.88 bits per heavy atom. The minimum Gasteiger partial charge on any atom is -0.423 e. The molecule has 2 aliphatic heterocycles. The number of rotatable bonds is 9. The van der Waals surface area contributed by atoms with Gasteiger partial charge in [-0.2, -0.15) is 20.1 Å². The SMILES string of the molecule is O=C(Oc1ccc(/C=N\Nc2nc(N3CCOCC3)nc(N3CCOCC3)n2)cc1)c1cc([N+](=O)[O-])cc([N+](=O)[O-])c1. The number of anilines is 3. The molecule has 0 saturated carbocycles. The summed E-state index contributed by atoms with van der Waals surface area (Å²) in [7, 11) is 0. The third-order valence-electron chi connectivity index (χ3n) is 6.23. The number of morpholine rings is 2. The fraction of sp³-hybridized carbons (Fsp3) is 0.320. The lowest BCUT2D eigenvalue weighted by Crippen LogP contribution is -2.40. The second kappa shape index (κ2) is 12.9. The van der Waals surface area contributed by atoms with Crippen LogP contribution >= 0.6 is 0 Å². The van der Waals surface area contributed by atoms with E-state index in [1.807, 2.05) is 9.80 Å². The Labute approximate surface area is 238 Å². The number of ether oxygens (including phenoxy) is 3. The lowest BCUT2D eigenvalue weighted by atomic mass is 10.1. The first kappa shape index (κ1) is 28.2. The molecule has 0 amide bonds. The predicted octanol–water partition coefficient (Wildman–Crippen LogP) is 2.03. The van der Waals surface area contributed by atoms with Crippen LogP contribution in [0, 0.1) is 20.2 Å². The van der Waals surface area contributed by atoms with E-state index in [1.165, 1.54) is 18.3 Å². The number of nitro benzene ring substituents is 2. The van der Waals surface area contributed by atoms with Gasteiger partial charge in [-0.15, -0.1) is 0 Å². The molecule has 3 aromatic rings. The van der Waals surface area contributed by atoms with Crippen molar-refractivity contribution in [1.29, 1.82) is 0 Å². The molecule has 1 N–H and O–H groups in total. The molecule has 3 heterocycles. The average Bonchev–Trinajstić information content (AvgIpc) is 3.02. The monoisotopic (exact) mass is 579 g/mol. The molecular formula is C25H25N9O8. The van der Waals surface area contributed by atoms with Crippen molar-refractivity contribution < 1.29 is 28.9 Å². The molecule has 2 aromatic carbocycles. The molecule has 0 radical (unpaired) electrons. The quantitative estimate of drug-likeness (QED) is 0.127. The summed E-state index contributed by atoms with van der Waals surface area (Å²) in [6, 6.07) is 8.81. The maximum atomic E-state index is 12.5. The highest BCUT2D eigenvalue weighted by Gasteiger charge is 2.22. The molecule has 2 aliphatic rings. The van der Waals surface area contributed by atoms with Crippen LogP contribution in [0.25, 0.3) is 0 Å². The maximum absolute atomic E-state index is 12.5. The molecule has 0 atom stereocenters. The number of nitro groups is 2. The van der Waals surface area contributed by atoms with Gasteiger partial charge in [-0.3, -0.25) is 20.2 Å². The van der Waals surface area contributed by atoms with Crippen molar-refractivity contribution in [2.45, 2.75) is 0 Å². The Balaban J connectivity index is 1.26. The number of benzene rings is 2. The van der Waals surface area contributed by atoms with Gasteiger partial charge in [0.1, 0.15) is 5.75 Å². The highest BCUT2D eigenvalue weighted by atomic mass is 16.6. The van der Waals surface area contributed by atoms with Gasteiger partial charge in [0.2, 0.25) is 17.8 Å². The number of nitrogens with zero attached hydrogens (tertiary/aromatic N) is 8. The number of hydrazone groups is 1. The Hall–Kier alpha value is -5.29. The van der Waals surface area contributed by atoms with E-state index < -0.39 is 27.2 Å². The average molecular weight is 580 g/mol.